The van der Waals surface area contributed by atoms with Crippen LogP contribution in [0.1, 0.15) is 52.6 Å². The van der Waals surface area contributed by atoms with Crippen molar-refractivity contribution in [3.8, 4) is 5.75 Å². The maximum Gasteiger partial charge on any atom is 0.261 e. The molecule has 2 aromatic carbocycles. The number of hydrogen-bond acceptors (Lipinski definition) is 5. The maximum absolute atomic E-state index is 12.7. The van der Waals surface area contributed by atoms with Gasteiger partial charge in [0.05, 0.1) is 24.0 Å². The number of nitrogens with zero attached hydrogens (tertiary/aromatic N) is 1. The number of sulfonamides is 1. The van der Waals surface area contributed by atoms with Crippen LogP contribution in [0.25, 0.3) is 0 Å². The summed E-state index contributed by atoms with van der Waals surface area (Å²) < 4.78 is 33.3. The largest absolute Gasteiger partial charge is 0.497 e. The molecule has 8 heteroatoms. The third-order valence-corrected chi connectivity index (χ3v) is 6.56. The van der Waals surface area contributed by atoms with E-state index in [0.717, 1.165) is 10.5 Å². The smallest absolute Gasteiger partial charge is 0.261 e. The zero-order valence-corrected chi connectivity index (χ0v) is 18.1. The molecule has 0 bridgehead atoms. The molecule has 0 radical (unpaired) electrons. The number of ether oxygens (including phenoxy) is 1. The number of benzene rings is 2. The normalized spacial score (nSPS) is 14.9. The number of fused-ring (bicyclic) bond motifs is 1. The van der Waals surface area contributed by atoms with Gasteiger partial charge in [0.25, 0.3) is 11.8 Å². The van der Waals surface area contributed by atoms with Crippen LogP contribution in [0.3, 0.4) is 0 Å². The van der Waals surface area contributed by atoms with Crippen LogP contribution in [-0.2, 0) is 10.0 Å². The summed E-state index contributed by atoms with van der Waals surface area (Å²) in [6.45, 7) is 3.94. The van der Waals surface area contributed by atoms with E-state index >= 15 is 0 Å². The second-order valence-corrected chi connectivity index (χ2v) is 9.47. The molecule has 0 aliphatic carbocycles. The molecule has 3 rings (SSSR count). The number of methoxy groups -OCH3 is 1. The van der Waals surface area contributed by atoms with Crippen LogP contribution in [-0.4, -0.2) is 44.5 Å². The van der Waals surface area contributed by atoms with Crippen LogP contribution in [0.15, 0.2) is 48.5 Å². The molecular weight excluding hydrogens is 404 g/mol. The first-order chi connectivity index (χ1) is 14.2. The highest BCUT2D eigenvalue weighted by molar-refractivity contribution is 7.89. The van der Waals surface area contributed by atoms with E-state index in [1.807, 2.05) is 26.0 Å². The predicted molar refractivity (Wildman–Crippen MR) is 114 cm³/mol. The van der Waals surface area contributed by atoms with Gasteiger partial charge in [-0.15, -0.1) is 0 Å². The molecule has 0 unspecified atom stereocenters. The van der Waals surface area contributed by atoms with Crippen molar-refractivity contribution in [1.29, 1.82) is 0 Å². The van der Waals surface area contributed by atoms with Gasteiger partial charge in [-0.3, -0.25) is 14.5 Å². The Morgan fingerprint density at radius 3 is 2.03 bits per heavy atom. The van der Waals surface area contributed by atoms with Crippen LogP contribution in [0.2, 0.25) is 0 Å². The van der Waals surface area contributed by atoms with Crippen molar-refractivity contribution in [3.63, 3.8) is 0 Å². The zero-order chi connectivity index (χ0) is 21.9. The molecule has 7 nitrogen and oxygen atoms in total. The predicted octanol–water partition coefficient (Wildman–Crippen LogP) is 3.00. The fourth-order valence-corrected chi connectivity index (χ4v) is 4.93. The standard InChI is InChI=1S/C22H26N2O5S/c1-15(2)20(16-9-11-17(29-3)12-10-16)23-30(27,28)14-6-13-24-21(25)18-7-4-5-8-19(18)22(24)26/h4-5,7-12,15,20,23H,6,13-14H2,1-3H3/t20-/m1/s1. The molecule has 1 aliphatic rings. The lowest BCUT2D eigenvalue weighted by Gasteiger charge is -2.23. The fourth-order valence-electron chi connectivity index (χ4n) is 3.51. The molecule has 0 aromatic heterocycles. The molecule has 1 atom stereocenters. The number of imide groups is 1. The van der Waals surface area contributed by atoms with Crippen molar-refractivity contribution in [2.45, 2.75) is 26.3 Å². The Hall–Kier alpha value is -2.71. The minimum atomic E-state index is -3.61. The van der Waals surface area contributed by atoms with Gasteiger partial charge in [0.2, 0.25) is 10.0 Å². The van der Waals surface area contributed by atoms with Crippen molar-refractivity contribution in [2.75, 3.05) is 19.4 Å². The summed E-state index contributed by atoms with van der Waals surface area (Å²) in [4.78, 5) is 25.9. The molecule has 0 spiro atoms. The molecule has 1 aliphatic heterocycles. The molecular formula is C22H26N2O5S. The van der Waals surface area contributed by atoms with Gasteiger partial charge in [-0.05, 0) is 42.2 Å². The number of amides is 2. The number of carbonyl (C=O) groups is 2. The van der Waals surface area contributed by atoms with Crippen LogP contribution < -0.4 is 9.46 Å². The van der Waals surface area contributed by atoms with Gasteiger partial charge in [0.15, 0.2) is 0 Å². The Morgan fingerprint density at radius 1 is 0.967 bits per heavy atom. The van der Waals surface area contributed by atoms with Gasteiger partial charge >= 0.3 is 0 Å². The van der Waals surface area contributed by atoms with Crippen molar-refractivity contribution in [2.24, 2.45) is 5.92 Å². The quantitative estimate of drug-likeness (QED) is 0.618. The molecule has 2 aromatic rings. The molecule has 30 heavy (non-hydrogen) atoms. The number of hydrogen-bond donors (Lipinski definition) is 1. The van der Waals surface area contributed by atoms with Gasteiger partial charge in [0, 0.05) is 12.6 Å². The fraction of sp³-hybridized carbons (Fsp3) is 0.364. The van der Waals surface area contributed by atoms with Crippen LogP contribution in [0.5, 0.6) is 5.75 Å². The summed E-state index contributed by atoms with van der Waals surface area (Å²) >= 11 is 0. The number of carbonyl (C=O) groups excluding carboxylic acids is 2. The monoisotopic (exact) mass is 430 g/mol. The SMILES string of the molecule is COc1ccc([C@H](NS(=O)(=O)CCCN2C(=O)c3ccccc3C2=O)C(C)C)cc1. The van der Waals surface area contributed by atoms with Crippen molar-refractivity contribution in [3.05, 3.63) is 65.2 Å². The highest BCUT2D eigenvalue weighted by Crippen LogP contribution is 2.25. The maximum atomic E-state index is 12.7. The lowest BCUT2D eigenvalue weighted by molar-refractivity contribution is 0.0654. The minimum absolute atomic E-state index is 0.0319. The molecule has 2 amide bonds. The summed E-state index contributed by atoms with van der Waals surface area (Å²) in [5.74, 6) is -0.201. The average Bonchev–Trinajstić information content (AvgIpc) is 2.97. The first-order valence-electron chi connectivity index (χ1n) is 9.82. The Morgan fingerprint density at radius 2 is 1.53 bits per heavy atom. The number of nitrogens with one attached hydrogen (secondary N) is 1. The van der Waals surface area contributed by atoms with E-state index in [9.17, 15) is 18.0 Å². The van der Waals surface area contributed by atoms with Crippen molar-refractivity contribution in [1.82, 2.24) is 9.62 Å². The van der Waals surface area contributed by atoms with E-state index in [2.05, 4.69) is 4.72 Å². The van der Waals surface area contributed by atoms with Crippen molar-refractivity contribution >= 4 is 21.8 Å². The topological polar surface area (TPSA) is 92.8 Å². The van der Waals surface area contributed by atoms with E-state index in [0.29, 0.717) is 16.9 Å². The Kier molecular flexibility index (Phi) is 6.58. The number of rotatable bonds is 9. The Bertz CT molecular complexity index is 997. The second kappa shape index (κ2) is 8.97. The summed E-state index contributed by atoms with van der Waals surface area (Å²) in [6, 6.07) is 13.5. The lowest BCUT2D eigenvalue weighted by Crippen LogP contribution is -2.36. The van der Waals surface area contributed by atoms with Gasteiger partial charge in [-0.25, -0.2) is 13.1 Å². The van der Waals surface area contributed by atoms with Gasteiger partial charge in [0.1, 0.15) is 5.75 Å². The van der Waals surface area contributed by atoms with Crippen molar-refractivity contribution < 1.29 is 22.7 Å². The van der Waals surface area contributed by atoms with E-state index in [4.69, 9.17) is 4.74 Å². The molecule has 0 saturated heterocycles. The summed E-state index contributed by atoms with van der Waals surface area (Å²) in [7, 11) is -2.04. The third kappa shape index (κ3) is 4.71. The second-order valence-electron chi connectivity index (χ2n) is 7.59. The summed E-state index contributed by atoms with van der Waals surface area (Å²) in [6.07, 6.45) is 0.161. The van der Waals surface area contributed by atoms with E-state index < -0.39 is 10.0 Å². The summed E-state index contributed by atoms with van der Waals surface area (Å²) in [5.41, 5.74) is 1.57. The van der Waals surface area contributed by atoms with Crippen LogP contribution in [0.4, 0.5) is 0 Å². The van der Waals surface area contributed by atoms with E-state index in [1.54, 1.807) is 43.5 Å². The van der Waals surface area contributed by atoms with Gasteiger partial charge < -0.3 is 4.74 Å². The first-order valence-corrected chi connectivity index (χ1v) is 11.5. The van der Waals surface area contributed by atoms with E-state index in [1.165, 1.54) is 0 Å². The van der Waals surface area contributed by atoms with Gasteiger partial charge in [-0.1, -0.05) is 38.1 Å². The average molecular weight is 431 g/mol. The highest BCUT2D eigenvalue weighted by atomic mass is 32.2. The highest BCUT2D eigenvalue weighted by Gasteiger charge is 2.35. The minimum Gasteiger partial charge on any atom is -0.497 e. The van der Waals surface area contributed by atoms with Crippen LogP contribution >= 0.6 is 0 Å². The molecule has 0 saturated carbocycles. The van der Waals surface area contributed by atoms with E-state index in [-0.39, 0.29) is 42.5 Å². The zero-order valence-electron chi connectivity index (χ0n) is 17.3. The third-order valence-electron chi connectivity index (χ3n) is 5.12. The van der Waals surface area contributed by atoms with Gasteiger partial charge in [-0.2, -0.15) is 0 Å². The molecule has 1 heterocycles. The van der Waals surface area contributed by atoms with Crippen LogP contribution in [0, 0.1) is 5.92 Å². The Balaban J connectivity index is 1.62. The Labute approximate surface area is 177 Å². The molecule has 0 fully saturated rings. The molecule has 1 N–H and O–H groups in total. The first kappa shape index (κ1) is 22.0. The summed E-state index contributed by atoms with van der Waals surface area (Å²) in [5, 5.41) is 0. The molecule has 160 valence electrons. The lowest BCUT2D eigenvalue weighted by atomic mass is 9.97.